The third-order valence-corrected chi connectivity index (χ3v) is 5.95. The van der Waals surface area contributed by atoms with Crippen LogP contribution in [0.3, 0.4) is 0 Å². The monoisotopic (exact) mass is 452 g/mol. The fraction of sp³-hybridized carbons (Fsp3) is 0.292. The number of hydrogen-bond acceptors (Lipinski definition) is 5. The van der Waals surface area contributed by atoms with Gasteiger partial charge in [0, 0.05) is 23.4 Å². The number of halogens is 1. The zero-order valence-corrected chi connectivity index (χ0v) is 19.2. The molecule has 0 radical (unpaired) electrons. The molecule has 1 N–H and O–H groups in total. The number of methoxy groups -OCH3 is 1. The van der Waals surface area contributed by atoms with E-state index in [0.717, 1.165) is 28.0 Å². The molecule has 32 heavy (non-hydrogen) atoms. The summed E-state index contributed by atoms with van der Waals surface area (Å²) in [6.45, 7) is 6.81. The molecule has 2 aromatic carbocycles. The minimum absolute atomic E-state index is 0.193. The number of rotatable bonds is 6. The molecule has 0 aliphatic carbocycles. The highest BCUT2D eigenvalue weighted by atomic mass is 35.5. The van der Waals surface area contributed by atoms with Crippen molar-refractivity contribution < 1.29 is 14.1 Å². The van der Waals surface area contributed by atoms with Gasteiger partial charge in [0.05, 0.1) is 24.8 Å². The molecule has 1 atom stereocenters. The molecule has 7 nitrogen and oxygen atoms in total. The van der Waals surface area contributed by atoms with Gasteiger partial charge in [-0.2, -0.15) is 4.98 Å². The maximum absolute atomic E-state index is 12.9. The lowest BCUT2D eigenvalue weighted by Gasteiger charge is -2.35. The van der Waals surface area contributed by atoms with Crippen molar-refractivity contribution >= 4 is 23.2 Å². The smallest absolute Gasteiger partial charge is 0.322 e. The first-order valence-electron chi connectivity index (χ1n) is 10.3. The number of allylic oxidation sites excluding steroid dienone is 1. The second-order valence-electron chi connectivity index (χ2n) is 7.80. The Morgan fingerprint density at radius 2 is 1.97 bits per heavy atom. The third-order valence-electron chi connectivity index (χ3n) is 5.72. The zero-order chi connectivity index (χ0) is 22.8. The number of hydrogen-bond donors (Lipinski definition) is 1. The Bertz CT molecular complexity index is 1190. The van der Waals surface area contributed by atoms with Crippen molar-refractivity contribution in [3.8, 4) is 11.4 Å². The largest absolute Gasteiger partial charge is 0.383 e. The zero-order valence-electron chi connectivity index (χ0n) is 18.5. The number of carbonyl (C=O) groups excluding carboxylic acids is 1. The number of benzene rings is 2. The Hall–Kier alpha value is -3.16. The highest BCUT2D eigenvalue weighted by Crippen LogP contribution is 2.37. The van der Waals surface area contributed by atoms with Crippen molar-refractivity contribution in [2.24, 2.45) is 0 Å². The Morgan fingerprint density at radius 1 is 1.16 bits per heavy atom. The fourth-order valence-electron chi connectivity index (χ4n) is 3.78. The number of aromatic nitrogens is 2. The molecule has 0 spiro atoms. The van der Waals surface area contributed by atoms with Gasteiger partial charge < -0.3 is 14.6 Å². The molecule has 0 fully saturated rings. The van der Waals surface area contributed by atoms with E-state index in [0.29, 0.717) is 29.9 Å². The van der Waals surface area contributed by atoms with Gasteiger partial charge in [0.15, 0.2) is 0 Å². The van der Waals surface area contributed by atoms with Gasteiger partial charge in [-0.05, 0) is 49.6 Å². The van der Waals surface area contributed by atoms with Gasteiger partial charge >= 0.3 is 6.03 Å². The molecule has 0 saturated carbocycles. The first-order valence-corrected chi connectivity index (χ1v) is 10.7. The van der Waals surface area contributed by atoms with Crippen molar-refractivity contribution in [1.29, 1.82) is 0 Å². The van der Waals surface area contributed by atoms with Crippen LogP contribution in [-0.2, 0) is 4.74 Å². The highest BCUT2D eigenvalue weighted by Gasteiger charge is 2.35. The molecule has 8 heteroatoms. The van der Waals surface area contributed by atoms with Gasteiger partial charge in [-0.3, -0.25) is 4.90 Å². The van der Waals surface area contributed by atoms with Crippen LogP contribution in [-0.4, -0.2) is 41.3 Å². The summed E-state index contributed by atoms with van der Waals surface area (Å²) < 4.78 is 10.9. The normalized spacial score (nSPS) is 16.5. The van der Waals surface area contributed by atoms with Crippen LogP contribution in [0.2, 0.25) is 5.02 Å². The van der Waals surface area contributed by atoms with E-state index in [1.165, 1.54) is 5.56 Å². The van der Waals surface area contributed by atoms with E-state index in [1.807, 2.05) is 31.2 Å². The van der Waals surface area contributed by atoms with E-state index in [4.69, 9.17) is 20.9 Å². The topological polar surface area (TPSA) is 80.5 Å². The van der Waals surface area contributed by atoms with Gasteiger partial charge in [-0.1, -0.05) is 47.1 Å². The van der Waals surface area contributed by atoms with Gasteiger partial charge in [0.1, 0.15) is 0 Å². The number of amides is 2. The van der Waals surface area contributed by atoms with Crippen LogP contribution in [0.5, 0.6) is 0 Å². The van der Waals surface area contributed by atoms with Crippen molar-refractivity contribution in [2.45, 2.75) is 26.8 Å². The molecular weight excluding hydrogens is 428 g/mol. The van der Waals surface area contributed by atoms with Gasteiger partial charge in [-0.15, -0.1) is 0 Å². The number of aryl methyl sites for hydroxylation is 2. The number of nitrogens with zero attached hydrogens (tertiary/aromatic N) is 3. The van der Waals surface area contributed by atoms with Gasteiger partial charge in [0.25, 0.3) is 5.89 Å². The van der Waals surface area contributed by atoms with Crippen LogP contribution >= 0.6 is 11.6 Å². The molecule has 166 valence electrons. The second-order valence-corrected chi connectivity index (χ2v) is 8.24. The summed E-state index contributed by atoms with van der Waals surface area (Å²) in [5, 5.41) is 7.86. The number of ether oxygens (including phenoxy) is 1. The Balaban J connectivity index is 1.82. The Labute approximate surface area is 192 Å². The number of carbonyl (C=O) groups is 1. The van der Waals surface area contributed by atoms with E-state index in [9.17, 15) is 4.79 Å². The van der Waals surface area contributed by atoms with Crippen LogP contribution < -0.4 is 5.32 Å². The number of urea groups is 1. The number of nitrogens with one attached hydrogen (secondary N) is 1. The summed E-state index contributed by atoms with van der Waals surface area (Å²) in [5.41, 5.74) is 5.52. The molecule has 0 saturated heterocycles. The molecule has 1 aliphatic rings. The molecule has 2 heterocycles. The van der Waals surface area contributed by atoms with Crippen molar-refractivity contribution in [2.75, 3.05) is 20.3 Å². The summed E-state index contributed by atoms with van der Waals surface area (Å²) in [5.74, 6) is 0.782. The third kappa shape index (κ3) is 4.26. The molecule has 2 amide bonds. The fourth-order valence-corrected chi connectivity index (χ4v) is 3.97. The molecule has 0 bridgehead atoms. The first-order chi connectivity index (χ1) is 15.4. The van der Waals surface area contributed by atoms with E-state index in [1.54, 1.807) is 24.1 Å². The molecule has 1 aliphatic heterocycles. The SMILES string of the molecule is COCCN1C(=O)NC(c2ccc(C)c(C)c2)C(c2nc(-c3cccc(Cl)c3)no2)=C1C. The average Bonchev–Trinajstić information content (AvgIpc) is 3.25. The van der Waals surface area contributed by atoms with Crippen molar-refractivity contribution in [1.82, 2.24) is 20.4 Å². The van der Waals surface area contributed by atoms with Crippen molar-refractivity contribution in [3.63, 3.8) is 0 Å². The lowest BCUT2D eigenvalue weighted by Crippen LogP contribution is -2.47. The van der Waals surface area contributed by atoms with Crippen LogP contribution in [0.4, 0.5) is 4.79 Å². The summed E-state index contributed by atoms with van der Waals surface area (Å²) in [6.07, 6.45) is 0. The lowest BCUT2D eigenvalue weighted by atomic mass is 9.92. The second kappa shape index (κ2) is 9.14. The van der Waals surface area contributed by atoms with E-state index in [2.05, 4.69) is 35.4 Å². The minimum Gasteiger partial charge on any atom is -0.383 e. The quantitative estimate of drug-likeness (QED) is 0.559. The summed E-state index contributed by atoms with van der Waals surface area (Å²) in [6, 6.07) is 12.8. The van der Waals surface area contributed by atoms with Crippen LogP contribution in [0, 0.1) is 13.8 Å². The molecule has 3 aromatic rings. The maximum atomic E-state index is 12.9. The Morgan fingerprint density at radius 3 is 2.69 bits per heavy atom. The Kier molecular flexibility index (Phi) is 6.30. The predicted molar refractivity (Wildman–Crippen MR) is 123 cm³/mol. The minimum atomic E-state index is -0.423. The summed E-state index contributed by atoms with van der Waals surface area (Å²) in [4.78, 5) is 19.2. The molecule has 4 rings (SSSR count). The van der Waals surface area contributed by atoms with Crippen molar-refractivity contribution in [3.05, 3.63) is 75.8 Å². The molecule has 1 aromatic heterocycles. The highest BCUT2D eigenvalue weighted by molar-refractivity contribution is 6.30. The first kappa shape index (κ1) is 22.0. The van der Waals surface area contributed by atoms with Crippen LogP contribution in [0.25, 0.3) is 17.0 Å². The molecule has 1 unspecified atom stereocenters. The maximum Gasteiger partial charge on any atom is 0.322 e. The average molecular weight is 453 g/mol. The predicted octanol–water partition coefficient (Wildman–Crippen LogP) is 5.15. The van der Waals surface area contributed by atoms with E-state index >= 15 is 0 Å². The molecular formula is C24H25ClN4O3. The standard InChI is InChI=1S/C24H25ClN4O3/c1-14-8-9-17(12-15(14)2)21-20(16(3)29(10-11-31-4)24(30)26-21)23-27-22(28-32-23)18-6-5-7-19(25)13-18/h5-9,12-13,21H,10-11H2,1-4H3,(H,26,30). The van der Waals surface area contributed by atoms with E-state index in [-0.39, 0.29) is 6.03 Å². The summed E-state index contributed by atoms with van der Waals surface area (Å²) >= 11 is 6.13. The lowest BCUT2D eigenvalue weighted by molar-refractivity contribution is 0.158. The summed E-state index contributed by atoms with van der Waals surface area (Å²) in [7, 11) is 1.61. The van der Waals surface area contributed by atoms with Crippen LogP contribution in [0.1, 0.15) is 35.5 Å². The van der Waals surface area contributed by atoms with Crippen LogP contribution in [0.15, 0.2) is 52.7 Å². The van der Waals surface area contributed by atoms with E-state index < -0.39 is 6.04 Å². The van der Waals surface area contributed by atoms with Gasteiger partial charge in [0.2, 0.25) is 5.82 Å². The van der Waals surface area contributed by atoms with Gasteiger partial charge in [-0.25, -0.2) is 4.79 Å².